The smallest absolute Gasteiger partial charge is 0.122 e. The van der Waals surface area contributed by atoms with E-state index in [4.69, 9.17) is 9.84 Å². The van der Waals surface area contributed by atoms with Crippen molar-refractivity contribution >= 4 is 15.9 Å². The summed E-state index contributed by atoms with van der Waals surface area (Å²) >= 11 is 3.34. The molecular weight excluding hydrogens is 318 g/mol. The van der Waals surface area contributed by atoms with Gasteiger partial charge in [-0.3, -0.25) is 0 Å². The number of aryl methyl sites for hydroxylation is 1. The molecule has 1 aromatic carbocycles. The summed E-state index contributed by atoms with van der Waals surface area (Å²) in [6, 6.07) is 9.49. The molecule has 3 nitrogen and oxygen atoms in total. The fourth-order valence-electron chi connectivity index (χ4n) is 1.63. The van der Waals surface area contributed by atoms with Gasteiger partial charge in [-0.15, -0.1) is 0 Å². The molecule has 0 aliphatic heterocycles. The maximum Gasteiger partial charge on any atom is 0.122 e. The summed E-state index contributed by atoms with van der Waals surface area (Å²) in [5.74, 6) is 6.86. The van der Waals surface area contributed by atoms with Crippen molar-refractivity contribution in [3.05, 3.63) is 57.8 Å². The summed E-state index contributed by atoms with van der Waals surface area (Å²) in [6.07, 6.45) is 1.72. The lowest BCUT2D eigenvalue weighted by Crippen LogP contribution is -2.02. The van der Waals surface area contributed by atoms with E-state index in [1.165, 1.54) is 0 Å². The Bertz CT molecular complexity index is 642. The molecule has 0 bridgehead atoms. The average Bonchev–Trinajstić information content (AvgIpc) is 2.46. The number of rotatable bonds is 3. The van der Waals surface area contributed by atoms with Crippen LogP contribution >= 0.6 is 15.9 Å². The quantitative estimate of drug-likeness (QED) is 0.879. The first-order valence-corrected chi connectivity index (χ1v) is 6.96. The number of pyridine rings is 1. The van der Waals surface area contributed by atoms with Crippen molar-refractivity contribution in [2.24, 2.45) is 0 Å². The van der Waals surface area contributed by atoms with Crippen LogP contribution in [0.25, 0.3) is 0 Å². The van der Waals surface area contributed by atoms with Gasteiger partial charge in [0.15, 0.2) is 0 Å². The minimum absolute atomic E-state index is 0.0102. The number of ether oxygens (including phenoxy) is 1. The number of nitrogens with zero attached hydrogens (tertiary/aromatic N) is 1. The Kier molecular flexibility index (Phi) is 5.16. The van der Waals surface area contributed by atoms with Gasteiger partial charge >= 0.3 is 0 Å². The highest BCUT2D eigenvalue weighted by molar-refractivity contribution is 9.10. The van der Waals surface area contributed by atoms with Crippen LogP contribution in [-0.4, -0.2) is 23.3 Å². The van der Waals surface area contributed by atoms with Crippen LogP contribution in [0.4, 0.5) is 0 Å². The van der Waals surface area contributed by atoms with Gasteiger partial charge < -0.3 is 9.84 Å². The molecule has 20 heavy (non-hydrogen) atoms. The Morgan fingerprint density at radius 3 is 2.75 bits per heavy atom. The van der Waals surface area contributed by atoms with Gasteiger partial charge in [0.1, 0.15) is 18.1 Å². The molecule has 0 fully saturated rings. The number of hydrogen-bond acceptors (Lipinski definition) is 3. The van der Waals surface area contributed by atoms with Crippen molar-refractivity contribution in [3.63, 3.8) is 0 Å². The first-order chi connectivity index (χ1) is 9.69. The molecule has 0 radical (unpaired) electrons. The second kappa shape index (κ2) is 7.09. The molecule has 4 heteroatoms. The Morgan fingerprint density at radius 1 is 1.25 bits per heavy atom. The van der Waals surface area contributed by atoms with E-state index in [1.807, 2.05) is 37.3 Å². The molecule has 0 aliphatic rings. The summed E-state index contributed by atoms with van der Waals surface area (Å²) in [6.45, 7) is 2.26. The van der Waals surface area contributed by atoms with Crippen LogP contribution in [0.15, 0.2) is 41.0 Å². The van der Waals surface area contributed by atoms with E-state index < -0.39 is 0 Å². The van der Waals surface area contributed by atoms with E-state index in [9.17, 15) is 0 Å². The van der Waals surface area contributed by atoms with E-state index in [1.54, 1.807) is 6.20 Å². The highest BCUT2D eigenvalue weighted by Crippen LogP contribution is 2.18. The summed E-state index contributed by atoms with van der Waals surface area (Å²) in [5, 5.41) is 8.75. The van der Waals surface area contributed by atoms with Crippen LogP contribution in [0.5, 0.6) is 5.75 Å². The molecule has 1 N–H and O–H groups in total. The van der Waals surface area contributed by atoms with E-state index in [0.29, 0.717) is 6.61 Å². The minimum Gasteiger partial charge on any atom is -0.491 e. The summed E-state index contributed by atoms with van der Waals surface area (Å²) in [7, 11) is 0. The van der Waals surface area contributed by atoms with Crippen LogP contribution in [0.2, 0.25) is 0 Å². The molecular formula is C16H14BrNO2. The van der Waals surface area contributed by atoms with Crippen LogP contribution in [-0.2, 0) is 0 Å². The van der Waals surface area contributed by atoms with Crippen LogP contribution in [0.3, 0.4) is 0 Å². The normalized spacial score (nSPS) is 9.75. The topological polar surface area (TPSA) is 42.4 Å². The van der Waals surface area contributed by atoms with Crippen molar-refractivity contribution in [2.45, 2.75) is 6.92 Å². The number of benzene rings is 1. The molecule has 1 heterocycles. The number of aromatic nitrogens is 1. The SMILES string of the molecule is Cc1cc(C#Cc2ccc(Br)cn2)ccc1OCCO. The summed E-state index contributed by atoms with van der Waals surface area (Å²) < 4.78 is 6.34. The highest BCUT2D eigenvalue weighted by Gasteiger charge is 1.99. The third-order valence-corrected chi connectivity index (χ3v) is 3.06. The third kappa shape index (κ3) is 4.09. The number of halogens is 1. The van der Waals surface area contributed by atoms with Crippen molar-refractivity contribution in [1.29, 1.82) is 0 Å². The van der Waals surface area contributed by atoms with Gasteiger partial charge in [-0.05, 0) is 64.7 Å². The van der Waals surface area contributed by atoms with Gasteiger partial charge in [-0.1, -0.05) is 5.92 Å². The Morgan fingerprint density at radius 2 is 2.10 bits per heavy atom. The monoisotopic (exact) mass is 331 g/mol. The zero-order chi connectivity index (χ0) is 14.4. The van der Waals surface area contributed by atoms with Crippen molar-refractivity contribution in [1.82, 2.24) is 4.98 Å². The van der Waals surface area contributed by atoms with E-state index in [-0.39, 0.29) is 6.61 Å². The van der Waals surface area contributed by atoms with Gasteiger partial charge in [0.05, 0.1) is 6.61 Å². The molecule has 2 rings (SSSR count). The maximum absolute atomic E-state index is 8.75. The predicted molar refractivity (Wildman–Crippen MR) is 81.7 cm³/mol. The second-order valence-corrected chi connectivity index (χ2v) is 5.08. The van der Waals surface area contributed by atoms with E-state index in [0.717, 1.165) is 27.0 Å². The van der Waals surface area contributed by atoms with Crippen molar-refractivity contribution in [2.75, 3.05) is 13.2 Å². The molecule has 0 atom stereocenters. The first kappa shape index (κ1) is 14.6. The highest BCUT2D eigenvalue weighted by atomic mass is 79.9. The third-order valence-electron chi connectivity index (χ3n) is 2.59. The van der Waals surface area contributed by atoms with Crippen LogP contribution in [0, 0.1) is 18.8 Å². The molecule has 1 aromatic heterocycles. The van der Waals surface area contributed by atoms with Gasteiger partial charge in [0, 0.05) is 16.2 Å². The lowest BCUT2D eigenvalue weighted by atomic mass is 10.1. The average molecular weight is 332 g/mol. The summed E-state index contributed by atoms with van der Waals surface area (Å²) in [5.41, 5.74) is 2.63. The van der Waals surface area contributed by atoms with Gasteiger partial charge in [0.2, 0.25) is 0 Å². The Balaban J connectivity index is 2.14. The second-order valence-electron chi connectivity index (χ2n) is 4.16. The number of aliphatic hydroxyl groups excluding tert-OH is 1. The molecule has 0 saturated heterocycles. The summed E-state index contributed by atoms with van der Waals surface area (Å²) in [4.78, 5) is 4.20. The molecule has 0 saturated carbocycles. The maximum atomic E-state index is 8.75. The van der Waals surface area contributed by atoms with Gasteiger partial charge in [-0.2, -0.15) is 0 Å². The van der Waals surface area contributed by atoms with Gasteiger partial charge in [0.25, 0.3) is 0 Å². The Hall–Kier alpha value is -1.83. The fourth-order valence-corrected chi connectivity index (χ4v) is 1.87. The van der Waals surface area contributed by atoms with Gasteiger partial charge in [-0.25, -0.2) is 4.98 Å². The van der Waals surface area contributed by atoms with E-state index in [2.05, 4.69) is 32.8 Å². The van der Waals surface area contributed by atoms with Crippen LogP contribution < -0.4 is 4.74 Å². The van der Waals surface area contributed by atoms with Crippen LogP contribution in [0.1, 0.15) is 16.8 Å². The molecule has 0 spiro atoms. The lowest BCUT2D eigenvalue weighted by molar-refractivity contribution is 0.200. The molecule has 102 valence electrons. The lowest BCUT2D eigenvalue weighted by Gasteiger charge is -2.07. The molecule has 2 aromatic rings. The van der Waals surface area contributed by atoms with Crippen molar-refractivity contribution in [3.8, 4) is 17.6 Å². The number of aliphatic hydroxyl groups is 1. The Labute approximate surface area is 126 Å². The predicted octanol–water partition coefficient (Wildman–Crippen LogP) is 2.92. The van der Waals surface area contributed by atoms with Crippen molar-refractivity contribution < 1.29 is 9.84 Å². The zero-order valence-electron chi connectivity index (χ0n) is 11.1. The largest absolute Gasteiger partial charge is 0.491 e. The zero-order valence-corrected chi connectivity index (χ0v) is 12.6. The molecule has 0 aliphatic carbocycles. The molecule has 0 unspecified atom stereocenters. The number of hydrogen-bond donors (Lipinski definition) is 1. The first-order valence-electron chi connectivity index (χ1n) is 6.17. The fraction of sp³-hybridized carbons (Fsp3) is 0.188. The molecule has 0 amide bonds. The minimum atomic E-state index is 0.0102. The van der Waals surface area contributed by atoms with E-state index >= 15 is 0 Å². The standard InChI is InChI=1S/C16H14BrNO2/c1-12-10-13(3-7-16(12)20-9-8-19)2-5-15-6-4-14(17)11-18-15/h3-4,6-7,10-11,19H,8-9H2,1H3.